The molecule has 0 bridgehead atoms. The second kappa shape index (κ2) is 7.16. The maximum Gasteiger partial charge on any atom is 0.376 e. The Morgan fingerprint density at radius 2 is 1.90 bits per heavy atom. The molecule has 1 aromatic rings. The summed E-state index contributed by atoms with van der Waals surface area (Å²) in [4.78, 5) is 2.02. The Kier molecular flexibility index (Phi) is 5.50. The van der Waals surface area contributed by atoms with Gasteiger partial charge in [0.1, 0.15) is 0 Å². The minimum absolute atomic E-state index is 0.168. The number of para-hydroxylation sites is 1. The van der Waals surface area contributed by atoms with Crippen LogP contribution in [0.4, 0.5) is 0 Å². The van der Waals surface area contributed by atoms with Crippen LogP contribution in [0.2, 0.25) is 6.82 Å². The number of piperidine rings is 1. The molecule has 1 atom stereocenters. The van der Waals surface area contributed by atoms with Gasteiger partial charge in [-0.3, -0.25) is 0 Å². The van der Waals surface area contributed by atoms with Crippen molar-refractivity contribution in [3.05, 3.63) is 23.8 Å². The number of nitrogens with zero attached hydrogens (tertiary/aromatic N) is 1. The summed E-state index contributed by atoms with van der Waals surface area (Å²) in [5.41, 5.74) is 0.771. The van der Waals surface area contributed by atoms with Gasteiger partial charge in [0.2, 0.25) is 0 Å². The van der Waals surface area contributed by atoms with Gasteiger partial charge in [-0.2, -0.15) is 0 Å². The van der Waals surface area contributed by atoms with E-state index in [1.54, 1.807) is 21.0 Å². The maximum absolute atomic E-state index is 10.7. The van der Waals surface area contributed by atoms with Crippen molar-refractivity contribution in [1.29, 1.82) is 0 Å². The summed E-state index contributed by atoms with van der Waals surface area (Å²) in [7, 11) is 2.76. The van der Waals surface area contributed by atoms with Gasteiger partial charge in [-0.15, -0.1) is 0 Å². The highest BCUT2D eigenvalue weighted by molar-refractivity contribution is 6.45. The summed E-state index contributed by atoms with van der Waals surface area (Å²) in [6, 6.07) is 5.57. The molecule has 116 valence electrons. The molecular weight excluding hydrogens is 269 g/mol. The molecule has 2 rings (SSSR count). The van der Waals surface area contributed by atoms with Crippen LogP contribution in [0.15, 0.2) is 18.2 Å². The smallest absolute Gasteiger partial charge is 0.376 e. The first-order chi connectivity index (χ1) is 10.1. The van der Waals surface area contributed by atoms with Gasteiger partial charge in [-0.25, -0.2) is 0 Å². The van der Waals surface area contributed by atoms with Gasteiger partial charge in [-0.1, -0.05) is 12.1 Å². The lowest BCUT2D eigenvalue weighted by molar-refractivity contribution is 0.0706. The van der Waals surface area contributed by atoms with Crippen LogP contribution >= 0.6 is 0 Å². The average molecular weight is 293 g/mol. The molecule has 0 spiro atoms. The molecule has 1 fully saturated rings. The standard InChI is InChI=1S/C15H24BNO4/c1-16(19)17-9-7-11(8-10-17)14(18)12-5-4-6-13(20-2)15(12)21-3/h4-6,11,14,18-19H,7-10H2,1-3H3/t14-/m1/s1. The highest BCUT2D eigenvalue weighted by atomic mass is 16.5. The molecule has 1 aliphatic rings. The molecule has 0 aromatic heterocycles. The van der Waals surface area contributed by atoms with E-state index in [0.29, 0.717) is 11.5 Å². The lowest BCUT2D eigenvalue weighted by Gasteiger charge is -2.35. The van der Waals surface area contributed by atoms with Gasteiger partial charge >= 0.3 is 7.05 Å². The number of hydrogen-bond acceptors (Lipinski definition) is 5. The maximum atomic E-state index is 10.7. The van der Waals surface area contributed by atoms with Gasteiger partial charge in [-0.05, 0) is 44.7 Å². The van der Waals surface area contributed by atoms with Crippen molar-refractivity contribution in [2.45, 2.75) is 25.8 Å². The van der Waals surface area contributed by atoms with Crippen molar-refractivity contribution in [2.75, 3.05) is 27.3 Å². The molecule has 1 aromatic carbocycles. The highest BCUT2D eigenvalue weighted by Gasteiger charge is 2.30. The third kappa shape index (κ3) is 3.51. The Bertz CT molecular complexity index is 461. The van der Waals surface area contributed by atoms with Crippen LogP contribution in [0, 0.1) is 5.92 Å². The third-order valence-electron chi connectivity index (χ3n) is 4.30. The van der Waals surface area contributed by atoms with Crippen molar-refractivity contribution in [1.82, 2.24) is 4.81 Å². The number of aliphatic hydroxyl groups excluding tert-OH is 1. The van der Waals surface area contributed by atoms with Crippen molar-refractivity contribution in [2.24, 2.45) is 5.92 Å². The van der Waals surface area contributed by atoms with Gasteiger partial charge in [0.15, 0.2) is 11.5 Å². The Labute approximate surface area is 126 Å². The fraction of sp³-hybridized carbons (Fsp3) is 0.600. The zero-order valence-corrected chi connectivity index (χ0v) is 13.0. The summed E-state index contributed by atoms with van der Waals surface area (Å²) in [5, 5.41) is 20.3. The molecule has 2 N–H and O–H groups in total. The SMILES string of the molecule is COc1cccc([C@H](O)C2CCN(B(C)O)CC2)c1OC. The average Bonchev–Trinajstić information content (AvgIpc) is 2.53. The number of benzene rings is 1. The quantitative estimate of drug-likeness (QED) is 0.807. The predicted octanol–water partition coefficient (Wildman–Crippen LogP) is 1.56. The van der Waals surface area contributed by atoms with Gasteiger partial charge < -0.3 is 24.4 Å². The molecule has 0 unspecified atom stereocenters. The van der Waals surface area contributed by atoms with Gasteiger partial charge in [0.25, 0.3) is 0 Å². The molecule has 5 nitrogen and oxygen atoms in total. The van der Waals surface area contributed by atoms with Gasteiger partial charge in [0, 0.05) is 5.56 Å². The number of hydrogen-bond donors (Lipinski definition) is 2. The number of rotatable bonds is 5. The van der Waals surface area contributed by atoms with Crippen molar-refractivity contribution in [3.8, 4) is 11.5 Å². The molecule has 0 saturated carbocycles. The van der Waals surface area contributed by atoms with E-state index < -0.39 is 13.2 Å². The van der Waals surface area contributed by atoms with Crippen LogP contribution < -0.4 is 9.47 Å². The van der Waals surface area contributed by atoms with Crippen LogP contribution in [0.25, 0.3) is 0 Å². The third-order valence-corrected chi connectivity index (χ3v) is 4.30. The normalized spacial score (nSPS) is 18.3. The molecule has 0 aliphatic carbocycles. The lowest BCUT2D eigenvalue weighted by atomic mass is 9.79. The first-order valence-corrected chi connectivity index (χ1v) is 7.39. The highest BCUT2D eigenvalue weighted by Crippen LogP contribution is 2.39. The molecule has 0 radical (unpaired) electrons. The molecule has 6 heteroatoms. The summed E-state index contributed by atoms with van der Waals surface area (Å²) < 4.78 is 10.7. The van der Waals surface area contributed by atoms with Crippen LogP contribution in [0.1, 0.15) is 24.5 Å². The van der Waals surface area contributed by atoms with E-state index in [1.165, 1.54) is 0 Å². The summed E-state index contributed by atoms with van der Waals surface area (Å²) in [6.45, 7) is 3.37. The topological polar surface area (TPSA) is 62.2 Å². The molecular formula is C15H24BNO4. The number of methoxy groups -OCH3 is 2. The molecule has 0 amide bonds. The monoisotopic (exact) mass is 293 g/mol. The first-order valence-electron chi connectivity index (χ1n) is 7.39. The summed E-state index contributed by atoms with van der Waals surface area (Å²) in [6.07, 6.45) is 1.13. The van der Waals surface area contributed by atoms with E-state index >= 15 is 0 Å². The zero-order chi connectivity index (χ0) is 15.4. The van der Waals surface area contributed by atoms with E-state index in [4.69, 9.17) is 9.47 Å². The first kappa shape index (κ1) is 16.1. The molecule has 1 heterocycles. The van der Waals surface area contributed by atoms with Crippen LogP contribution in [-0.2, 0) is 0 Å². The van der Waals surface area contributed by atoms with Crippen molar-refractivity contribution in [3.63, 3.8) is 0 Å². The van der Waals surface area contributed by atoms with E-state index in [-0.39, 0.29) is 5.92 Å². The van der Waals surface area contributed by atoms with E-state index in [1.807, 2.05) is 23.0 Å². The number of ether oxygens (including phenoxy) is 2. The second-order valence-corrected chi connectivity index (χ2v) is 5.53. The minimum Gasteiger partial charge on any atom is -0.493 e. The van der Waals surface area contributed by atoms with E-state index in [0.717, 1.165) is 31.5 Å². The predicted molar refractivity (Wildman–Crippen MR) is 82.6 cm³/mol. The Morgan fingerprint density at radius 1 is 1.24 bits per heavy atom. The summed E-state index contributed by atoms with van der Waals surface area (Å²) in [5.74, 6) is 1.40. The minimum atomic E-state index is -0.578. The van der Waals surface area contributed by atoms with Crippen molar-refractivity contribution < 1.29 is 19.6 Å². The fourth-order valence-corrected chi connectivity index (χ4v) is 3.01. The molecule has 1 saturated heterocycles. The molecule has 21 heavy (non-hydrogen) atoms. The van der Waals surface area contributed by atoms with Crippen molar-refractivity contribution >= 4 is 7.05 Å². The van der Waals surface area contributed by atoms with E-state index in [9.17, 15) is 10.1 Å². The Morgan fingerprint density at radius 3 is 2.43 bits per heavy atom. The largest absolute Gasteiger partial charge is 0.493 e. The van der Waals surface area contributed by atoms with Crippen LogP contribution in [-0.4, -0.2) is 49.3 Å². The Hall–Kier alpha value is -1.24. The fourth-order valence-electron chi connectivity index (χ4n) is 3.01. The lowest BCUT2D eigenvalue weighted by Crippen LogP contribution is -2.43. The Balaban J connectivity index is 2.12. The van der Waals surface area contributed by atoms with Crippen LogP contribution in [0.5, 0.6) is 11.5 Å². The zero-order valence-electron chi connectivity index (χ0n) is 13.0. The van der Waals surface area contributed by atoms with Crippen LogP contribution in [0.3, 0.4) is 0 Å². The molecule has 1 aliphatic heterocycles. The van der Waals surface area contributed by atoms with Gasteiger partial charge in [0.05, 0.1) is 20.3 Å². The van der Waals surface area contributed by atoms with E-state index in [2.05, 4.69) is 0 Å². The summed E-state index contributed by atoms with van der Waals surface area (Å²) >= 11 is 0. The number of aliphatic hydroxyl groups is 1. The second-order valence-electron chi connectivity index (χ2n) is 5.53.